The molecule has 0 fully saturated rings. The molecule has 1 atom stereocenters. The first-order valence-electron chi connectivity index (χ1n) is 7.01. The highest BCUT2D eigenvalue weighted by Crippen LogP contribution is 2.22. The minimum Gasteiger partial charge on any atom is -0.443 e. The van der Waals surface area contributed by atoms with Gasteiger partial charge in [0.2, 0.25) is 0 Å². The maximum atomic E-state index is 13.0. The second-order valence-electron chi connectivity index (χ2n) is 5.82. The zero-order valence-electron chi connectivity index (χ0n) is 12.9. The average molecular weight is 295 g/mol. The fourth-order valence-corrected chi connectivity index (χ4v) is 1.90. The molecule has 0 aliphatic heterocycles. The van der Waals surface area contributed by atoms with Crippen molar-refractivity contribution in [2.24, 2.45) is 0 Å². The number of anilines is 1. The fraction of sp³-hybridized carbons (Fsp3) is 0.500. The fourth-order valence-electron chi connectivity index (χ4n) is 1.90. The van der Waals surface area contributed by atoms with E-state index in [1.807, 2.05) is 6.92 Å². The van der Waals surface area contributed by atoms with Crippen LogP contribution < -0.4 is 4.90 Å². The van der Waals surface area contributed by atoms with E-state index in [-0.39, 0.29) is 0 Å². The molecule has 1 amide bonds. The van der Waals surface area contributed by atoms with Gasteiger partial charge in [-0.05, 0) is 51.5 Å². The molecule has 0 aliphatic rings. The van der Waals surface area contributed by atoms with E-state index in [0.29, 0.717) is 12.1 Å². The van der Waals surface area contributed by atoms with Crippen LogP contribution >= 0.6 is 0 Å². The van der Waals surface area contributed by atoms with E-state index in [0.717, 1.165) is 12.7 Å². The van der Waals surface area contributed by atoms with Crippen LogP contribution in [0.1, 0.15) is 40.5 Å². The molecule has 4 nitrogen and oxygen atoms in total. The molecule has 0 spiro atoms. The summed E-state index contributed by atoms with van der Waals surface area (Å²) in [6.07, 6.45) is 1.36. The molecular weight excluding hydrogens is 273 g/mol. The molecule has 1 aromatic carbocycles. The van der Waals surface area contributed by atoms with Gasteiger partial charge in [0.25, 0.3) is 0 Å². The van der Waals surface area contributed by atoms with Crippen molar-refractivity contribution in [2.75, 3.05) is 4.90 Å². The maximum Gasteiger partial charge on any atom is 0.415 e. The molecular formula is C16H22FNO3. The number of rotatable bonds is 5. The molecule has 1 aromatic rings. The number of hydrogen-bond donors (Lipinski definition) is 0. The summed E-state index contributed by atoms with van der Waals surface area (Å²) in [5.74, 6) is -0.402. The minimum atomic E-state index is -0.672. The van der Waals surface area contributed by atoms with Crippen LogP contribution in [0.2, 0.25) is 0 Å². The van der Waals surface area contributed by atoms with E-state index in [4.69, 9.17) is 4.74 Å². The van der Waals surface area contributed by atoms with Gasteiger partial charge in [0.05, 0.1) is 6.04 Å². The SMILES string of the molecule is CCCC(C=O)N(C(=O)OC(C)(C)C)c1ccc(F)cc1. The molecule has 0 bridgehead atoms. The van der Waals surface area contributed by atoms with Crippen LogP contribution in [0.5, 0.6) is 0 Å². The number of halogens is 1. The molecule has 0 saturated heterocycles. The number of amides is 1. The van der Waals surface area contributed by atoms with E-state index in [9.17, 15) is 14.0 Å². The lowest BCUT2D eigenvalue weighted by Gasteiger charge is -2.31. The van der Waals surface area contributed by atoms with Gasteiger partial charge in [0, 0.05) is 5.69 Å². The molecule has 0 heterocycles. The standard InChI is InChI=1S/C16H22FNO3/c1-5-6-14(11-19)18(15(20)21-16(2,3)4)13-9-7-12(17)8-10-13/h7-11,14H,5-6H2,1-4H3. The molecule has 0 radical (unpaired) electrons. The van der Waals surface area contributed by atoms with Crippen molar-refractivity contribution >= 4 is 18.1 Å². The Labute approximate surface area is 124 Å². The Morgan fingerprint density at radius 2 is 1.90 bits per heavy atom. The predicted molar refractivity (Wildman–Crippen MR) is 79.9 cm³/mol. The molecule has 0 aliphatic carbocycles. The van der Waals surface area contributed by atoms with Gasteiger partial charge >= 0.3 is 6.09 Å². The summed E-state index contributed by atoms with van der Waals surface area (Å²) in [5.41, 5.74) is -0.231. The van der Waals surface area contributed by atoms with Crippen molar-refractivity contribution < 1.29 is 18.7 Å². The summed E-state index contributed by atoms with van der Waals surface area (Å²) in [4.78, 5) is 25.0. The van der Waals surface area contributed by atoms with Gasteiger partial charge in [-0.15, -0.1) is 0 Å². The molecule has 1 unspecified atom stereocenters. The highest BCUT2D eigenvalue weighted by Gasteiger charge is 2.29. The molecule has 116 valence electrons. The quantitative estimate of drug-likeness (QED) is 0.773. The largest absolute Gasteiger partial charge is 0.443 e. The maximum absolute atomic E-state index is 13.0. The van der Waals surface area contributed by atoms with Gasteiger partial charge in [-0.3, -0.25) is 4.90 Å². The van der Waals surface area contributed by atoms with E-state index in [1.54, 1.807) is 20.8 Å². The lowest BCUT2D eigenvalue weighted by molar-refractivity contribution is -0.109. The van der Waals surface area contributed by atoms with E-state index in [2.05, 4.69) is 0 Å². The Morgan fingerprint density at radius 1 is 1.33 bits per heavy atom. The second kappa shape index (κ2) is 7.20. The lowest BCUT2D eigenvalue weighted by atomic mass is 10.1. The lowest BCUT2D eigenvalue weighted by Crippen LogP contribution is -2.44. The van der Waals surface area contributed by atoms with Gasteiger partial charge in [-0.2, -0.15) is 0 Å². The zero-order valence-corrected chi connectivity index (χ0v) is 12.9. The molecule has 0 saturated carbocycles. The van der Waals surface area contributed by atoms with Crippen molar-refractivity contribution in [1.29, 1.82) is 0 Å². The van der Waals surface area contributed by atoms with E-state index >= 15 is 0 Å². The summed E-state index contributed by atoms with van der Waals surface area (Å²) in [6, 6.07) is 4.80. The van der Waals surface area contributed by atoms with Gasteiger partial charge < -0.3 is 9.53 Å². The number of ether oxygens (including phenoxy) is 1. The summed E-state index contributed by atoms with van der Waals surface area (Å²) in [7, 11) is 0. The number of benzene rings is 1. The van der Waals surface area contributed by atoms with Crippen LogP contribution in [-0.2, 0) is 9.53 Å². The van der Waals surface area contributed by atoms with Crippen LogP contribution in [0.3, 0.4) is 0 Å². The van der Waals surface area contributed by atoms with E-state index in [1.165, 1.54) is 29.2 Å². The Hall–Kier alpha value is -1.91. The number of aldehydes is 1. The van der Waals surface area contributed by atoms with Crippen molar-refractivity contribution in [3.05, 3.63) is 30.1 Å². The third-order valence-corrected chi connectivity index (χ3v) is 2.77. The first-order valence-corrected chi connectivity index (χ1v) is 7.01. The van der Waals surface area contributed by atoms with Gasteiger partial charge in [-0.25, -0.2) is 9.18 Å². The topological polar surface area (TPSA) is 46.6 Å². The monoisotopic (exact) mass is 295 g/mol. The Balaban J connectivity index is 3.12. The summed E-state index contributed by atoms with van der Waals surface area (Å²) < 4.78 is 18.4. The number of carbonyl (C=O) groups excluding carboxylic acids is 2. The van der Waals surface area contributed by atoms with Gasteiger partial charge in [-0.1, -0.05) is 13.3 Å². The zero-order chi connectivity index (χ0) is 16.0. The Bertz CT molecular complexity index is 479. The van der Waals surface area contributed by atoms with E-state index < -0.39 is 23.6 Å². The van der Waals surface area contributed by atoms with Gasteiger partial charge in [0.1, 0.15) is 17.7 Å². The third kappa shape index (κ3) is 5.17. The summed E-state index contributed by atoms with van der Waals surface area (Å²) in [6.45, 7) is 7.19. The van der Waals surface area contributed by atoms with Crippen molar-refractivity contribution in [1.82, 2.24) is 0 Å². The summed E-state index contributed by atoms with van der Waals surface area (Å²) >= 11 is 0. The first-order chi connectivity index (χ1) is 9.78. The van der Waals surface area contributed by atoms with Crippen molar-refractivity contribution in [3.63, 3.8) is 0 Å². The van der Waals surface area contributed by atoms with Crippen LogP contribution in [0.4, 0.5) is 14.9 Å². The van der Waals surface area contributed by atoms with Gasteiger partial charge in [0.15, 0.2) is 0 Å². The average Bonchev–Trinajstić information content (AvgIpc) is 2.38. The van der Waals surface area contributed by atoms with Crippen molar-refractivity contribution in [3.8, 4) is 0 Å². The number of hydrogen-bond acceptors (Lipinski definition) is 3. The van der Waals surface area contributed by atoms with Crippen LogP contribution in [0.25, 0.3) is 0 Å². The van der Waals surface area contributed by atoms with Crippen LogP contribution in [0, 0.1) is 5.82 Å². The first kappa shape index (κ1) is 17.1. The normalized spacial score (nSPS) is 12.6. The Kier molecular flexibility index (Phi) is 5.88. The highest BCUT2D eigenvalue weighted by atomic mass is 19.1. The smallest absolute Gasteiger partial charge is 0.415 e. The molecule has 1 rings (SSSR count). The minimum absolute atomic E-state index is 0.402. The molecule has 0 N–H and O–H groups in total. The number of nitrogens with zero attached hydrogens (tertiary/aromatic N) is 1. The van der Waals surface area contributed by atoms with Crippen LogP contribution in [-0.4, -0.2) is 24.0 Å². The molecule has 21 heavy (non-hydrogen) atoms. The van der Waals surface area contributed by atoms with Crippen molar-refractivity contribution in [2.45, 2.75) is 52.2 Å². The second-order valence-corrected chi connectivity index (χ2v) is 5.82. The molecule has 5 heteroatoms. The summed E-state index contributed by atoms with van der Waals surface area (Å²) in [5, 5.41) is 0. The van der Waals surface area contributed by atoms with Crippen LogP contribution in [0.15, 0.2) is 24.3 Å². The molecule has 0 aromatic heterocycles. The Morgan fingerprint density at radius 3 is 2.33 bits per heavy atom. The third-order valence-electron chi connectivity index (χ3n) is 2.77. The predicted octanol–water partition coefficient (Wildman–Crippen LogP) is 3.93. The number of carbonyl (C=O) groups is 2. The highest BCUT2D eigenvalue weighted by molar-refractivity contribution is 5.92.